The quantitative estimate of drug-likeness (QED) is 0.417. The third-order valence-corrected chi connectivity index (χ3v) is 1.08. The highest BCUT2D eigenvalue weighted by molar-refractivity contribution is 4.92. The van der Waals surface area contributed by atoms with E-state index in [1.807, 2.05) is 0 Å². The third kappa shape index (κ3) is 5.35. The van der Waals surface area contributed by atoms with Crippen molar-refractivity contribution in [3.8, 4) is 12.3 Å². The molecule has 0 spiro atoms. The van der Waals surface area contributed by atoms with Crippen molar-refractivity contribution in [3.63, 3.8) is 0 Å². The lowest BCUT2D eigenvalue weighted by Crippen LogP contribution is -2.01. The van der Waals surface area contributed by atoms with Crippen LogP contribution < -0.4 is 0 Å². The van der Waals surface area contributed by atoms with E-state index in [-0.39, 0.29) is 6.61 Å². The molecule has 0 aromatic carbocycles. The first-order valence-corrected chi connectivity index (χ1v) is 3.06. The largest absolute Gasteiger partial charge is 0.396 e. The molecule has 0 aliphatic carbocycles. The minimum absolute atomic E-state index is 0.178. The van der Waals surface area contributed by atoms with Crippen LogP contribution >= 0.6 is 0 Å². The highest BCUT2D eigenvalue weighted by atomic mass is 16.3. The Labute approximate surface area is 55.5 Å². The average Bonchev–Trinajstić information content (AvgIpc) is 1.89. The zero-order valence-corrected chi connectivity index (χ0v) is 5.38. The Hall–Kier alpha value is -0.520. The molecule has 0 fully saturated rings. The minimum atomic E-state index is -0.628. The second-order valence-electron chi connectivity index (χ2n) is 1.90. The van der Waals surface area contributed by atoms with Gasteiger partial charge in [0.1, 0.15) is 6.10 Å². The van der Waals surface area contributed by atoms with Crippen molar-refractivity contribution in [2.45, 2.75) is 25.4 Å². The van der Waals surface area contributed by atoms with Crippen LogP contribution in [0.3, 0.4) is 0 Å². The fraction of sp³-hybridized carbons (Fsp3) is 0.714. The lowest BCUT2D eigenvalue weighted by molar-refractivity contribution is 0.209. The van der Waals surface area contributed by atoms with E-state index in [0.29, 0.717) is 6.42 Å². The molecular weight excluding hydrogens is 116 g/mol. The summed E-state index contributed by atoms with van der Waals surface area (Å²) in [4.78, 5) is 0. The molecule has 0 aliphatic heterocycles. The molecule has 0 aliphatic rings. The lowest BCUT2D eigenvalue weighted by Gasteiger charge is -1.99. The zero-order valence-electron chi connectivity index (χ0n) is 5.38. The molecule has 0 amide bonds. The van der Waals surface area contributed by atoms with Crippen molar-refractivity contribution in [1.29, 1.82) is 0 Å². The van der Waals surface area contributed by atoms with Crippen molar-refractivity contribution in [1.82, 2.24) is 0 Å². The van der Waals surface area contributed by atoms with E-state index >= 15 is 0 Å². The molecule has 0 radical (unpaired) electrons. The molecule has 0 bridgehead atoms. The molecule has 0 saturated carbocycles. The molecule has 0 aromatic rings. The zero-order chi connectivity index (χ0) is 7.11. The maximum absolute atomic E-state index is 8.77. The fourth-order valence-corrected chi connectivity index (χ4v) is 0.533. The van der Waals surface area contributed by atoms with Crippen LogP contribution in [0.25, 0.3) is 0 Å². The van der Waals surface area contributed by atoms with Crippen LogP contribution in [-0.2, 0) is 0 Å². The number of unbranched alkanes of at least 4 members (excludes halogenated alkanes) is 1. The van der Waals surface area contributed by atoms with Crippen molar-refractivity contribution in [2.24, 2.45) is 0 Å². The average molecular weight is 128 g/mol. The molecule has 2 heteroatoms. The van der Waals surface area contributed by atoms with E-state index in [1.54, 1.807) is 0 Å². The maximum atomic E-state index is 8.77. The Kier molecular flexibility index (Phi) is 5.29. The van der Waals surface area contributed by atoms with Gasteiger partial charge < -0.3 is 10.2 Å². The van der Waals surface area contributed by atoms with E-state index in [2.05, 4.69) is 5.92 Å². The van der Waals surface area contributed by atoms with Crippen molar-refractivity contribution < 1.29 is 10.2 Å². The Morgan fingerprint density at radius 3 is 2.56 bits per heavy atom. The monoisotopic (exact) mass is 128 g/mol. The summed E-state index contributed by atoms with van der Waals surface area (Å²) in [5, 5.41) is 17.1. The fourth-order valence-electron chi connectivity index (χ4n) is 0.533. The molecule has 52 valence electrons. The van der Waals surface area contributed by atoms with E-state index in [0.717, 1.165) is 12.8 Å². The predicted molar refractivity (Wildman–Crippen MR) is 35.8 cm³/mol. The van der Waals surface area contributed by atoms with E-state index in [9.17, 15) is 0 Å². The van der Waals surface area contributed by atoms with Gasteiger partial charge in [-0.05, 0) is 19.3 Å². The minimum Gasteiger partial charge on any atom is -0.396 e. The van der Waals surface area contributed by atoms with Crippen LogP contribution in [0.4, 0.5) is 0 Å². The topological polar surface area (TPSA) is 40.5 Å². The molecule has 2 N–H and O–H groups in total. The van der Waals surface area contributed by atoms with Gasteiger partial charge in [-0.25, -0.2) is 0 Å². The first-order valence-electron chi connectivity index (χ1n) is 3.06. The molecule has 0 rings (SSSR count). The van der Waals surface area contributed by atoms with E-state index < -0.39 is 6.10 Å². The van der Waals surface area contributed by atoms with Gasteiger partial charge in [0.15, 0.2) is 0 Å². The van der Waals surface area contributed by atoms with Gasteiger partial charge in [0.2, 0.25) is 0 Å². The SMILES string of the molecule is C#CC(O)CCCCO. The number of aliphatic hydroxyl groups is 2. The molecule has 1 unspecified atom stereocenters. The second kappa shape index (κ2) is 5.61. The summed E-state index contributed by atoms with van der Waals surface area (Å²) in [6.45, 7) is 0.178. The first kappa shape index (κ1) is 8.48. The highest BCUT2D eigenvalue weighted by Crippen LogP contribution is 1.97. The van der Waals surface area contributed by atoms with Gasteiger partial charge in [0.25, 0.3) is 0 Å². The van der Waals surface area contributed by atoms with Crippen LogP contribution in [0.1, 0.15) is 19.3 Å². The Morgan fingerprint density at radius 2 is 2.11 bits per heavy atom. The molecule has 0 aromatic heterocycles. The number of rotatable bonds is 4. The Balaban J connectivity index is 2.99. The van der Waals surface area contributed by atoms with Crippen molar-refractivity contribution in [3.05, 3.63) is 0 Å². The third-order valence-electron chi connectivity index (χ3n) is 1.08. The van der Waals surface area contributed by atoms with Gasteiger partial charge in [0.05, 0.1) is 0 Å². The summed E-state index contributed by atoms with van der Waals surface area (Å²) in [5.41, 5.74) is 0. The number of hydrogen-bond acceptors (Lipinski definition) is 2. The summed E-state index contributed by atoms with van der Waals surface area (Å²) in [6, 6.07) is 0. The first-order chi connectivity index (χ1) is 4.31. The summed E-state index contributed by atoms with van der Waals surface area (Å²) < 4.78 is 0. The molecule has 2 nitrogen and oxygen atoms in total. The lowest BCUT2D eigenvalue weighted by atomic mass is 10.2. The van der Waals surface area contributed by atoms with Crippen LogP contribution in [0, 0.1) is 12.3 Å². The van der Waals surface area contributed by atoms with Gasteiger partial charge in [-0.15, -0.1) is 6.42 Å². The van der Waals surface area contributed by atoms with E-state index in [1.165, 1.54) is 0 Å². The summed E-state index contributed by atoms with van der Waals surface area (Å²) >= 11 is 0. The normalized spacial score (nSPS) is 12.6. The second-order valence-corrected chi connectivity index (χ2v) is 1.90. The highest BCUT2D eigenvalue weighted by Gasteiger charge is 1.95. The molecular formula is C7H12O2. The van der Waals surface area contributed by atoms with Crippen LogP contribution in [0.15, 0.2) is 0 Å². The van der Waals surface area contributed by atoms with Crippen LogP contribution in [0.2, 0.25) is 0 Å². The van der Waals surface area contributed by atoms with Crippen LogP contribution in [-0.4, -0.2) is 22.9 Å². The smallest absolute Gasteiger partial charge is 0.114 e. The molecule has 9 heavy (non-hydrogen) atoms. The van der Waals surface area contributed by atoms with E-state index in [4.69, 9.17) is 16.6 Å². The Bertz CT molecular complexity index is 93.6. The summed E-state index contributed by atoms with van der Waals surface area (Å²) in [5.74, 6) is 2.20. The van der Waals surface area contributed by atoms with Gasteiger partial charge in [0, 0.05) is 6.61 Å². The predicted octanol–water partition coefficient (Wildman–Crippen LogP) is 0.143. The summed E-state index contributed by atoms with van der Waals surface area (Å²) in [6.07, 6.45) is 6.37. The van der Waals surface area contributed by atoms with Gasteiger partial charge in [-0.2, -0.15) is 0 Å². The number of terminal acetylenes is 1. The number of hydrogen-bond donors (Lipinski definition) is 2. The molecule has 0 heterocycles. The Morgan fingerprint density at radius 1 is 1.44 bits per heavy atom. The maximum Gasteiger partial charge on any atom is 0.114 e. The molecule has 1 atom stereocenters. The van der Waals surface area contributed by atoms with Gasteiger partial charge in [-0.1, -0.05) is 5.92 Å². The summed E-state index contributed by atoms with van der Waals surface area (Å²) in [7, 11) is 0. The van der Waals surface area contributed by atoms with Crippen molar-refractivity contribution in [2.75, 3.05) is 6.61 Å². The van der Waals surface area contributed by atoms with Crippen molar-refractivity contribution >= 4 is 0 Å². The standard InChI is InChI=1S/C7H12O2/c1-2-7(9)5-3-4-6-8/h1,7-9H,3-6H2. The van der Waals surface area contributed by atoms with Crippen LogP contribution in [0.5, 0.6) is 0 Å². The van der Waals surface area contributed by atoms with Gasteiger partial charge in [-0.3, -0.25) is 0 Å². The van der Waals surface area contributed by atoms with Gasteiger partial charge >= 0.3 is 0 Å². The molecule has 0 saturated heterocycles. The number of aliphatic hydroxyl groups excluding tert-OH is 2.